The maximum Gasteiger partial charge on any atom is 0.332 e. The summed E-state index contributed by atoms with van der Waals surface area (Å²) in [5.41, 5.74) is 1.25. The van der Waals surface area contributed by atoms with Crippen LogP contribution in [-0.2, 0) is 40.5 Å². The number of benzene rings is 3. The molecule has 2 heterocycles. The van der Waals surface area contributed by atoms with E-state index >= 15 is 0 Å². The normalized spacial score (nSPS) is 12.4. The van der Waals surface area contributed by atoms with Crippen molar-refractivity contribution >= 4 is 17.1 Å². The lowest BCUT2D eigenvalue weighted by Gasteiger charge is -2.37. The standard InChI is InChI=1S/C31H30N4O5/c1-22(36)40-26(19-35-21-32-28-27(35)29(37)34(3)30(38)33(28)2)20-39-31(23-13-7-4-8-14-23,24-15-9-5-10-16-24)25-17-11-6-12-18-25/h4-18,21,26H,19-20H2,1-3H3. The van der Waals surface area contributed by atoms with Gasteiger partial charge in [-0.3, -0.25) is 18.7 Å². The number of ether oxygens (including phenoxy) is 2. The molecule has 0 amide bonds. The predicted molar refractivity (Wildman–Crippen MR) is 151 cm³/mol. The smallest absolute Gasteiger partial charge is 0.332 e. The lowest BCUT2D eigenvalue weighted by atomic mass is 9.80. The molecule has 0 spiro atoms. The molecule has 0 bridgehead atoms. The summed E-state index contributed by atoms with van der Waals surface area (Å²) in [6.45, 7) is 1.43. The van der Waals surface area contributed by atoms with Gasteiger partial charge in [-0.25, -0.2) is 9.78 Å². The fourth-order valence-corrected chi connectivity index (χ4v) is 5.10. The summed E-state index contributed by atoms with van der Waals surface area (Å²) in [5, 5.41) is 0. The molecule has 0 radical (unpaired) electrons. The number of nitrogens with zero attached hydrogens (tertiary/aromatic N) is 4. The van der Waals surface area contributed by atoms with Crippen molar-refractivity contribution in [3.05, 3.63) is 135 Å². The molecule has 1 atom stereocenters. The van der Waals surface area contributed by atoms with E-state index in [1.807, 2.05) is 91.0 Å². The van der Waals surface area contributed by atoms with Crippen molar-refractivity contribution < 1.29 is 14.3 Å². The number of hydrogen-bond acceptors (Lipinski definition) is 6. The molecule has 204 valence electrons. The van der Waals surface area contributed by atoms with Crippen molar-refractivity contribution in [1.82, 2.24) is 18.7 Å². The summed E-state index contributed by atoms with van der Waals surface area (Å²) < 4.78 is 16.5. The third-order valence-corrected chi connectivity index (χ3v) is 6.98. The number of rotatable bonds is 9. The van der Waals surface area contributed by atoms with Gasteiger partial charge in [-0.1, -0.05) is 91.0 Å². The summed E-state index contributed by atoms with van der Waals surface area (Å²) in [7, 11) is 2.98. The first-order valence-corrected chi connectivity index (χ1v) is 12.9. The van der Waals surface area contributed by atoms with E-state index in [-0.39, 0.29) is 24.3 Å². The Morgan fingerprint density at radius 2 is 1.32 bits per heavy atom. The zero-order chi connectivity index (χ0) is 28.3. The van der Waals surface area contributed by atoms with E-state index in [4.69, 9.17) is 9.47 Å². The first-order chi connectivity index (χ1) is 19.3. The Morgan fingerprint density at radius 3 is 1.80 bits per heavy atom. The Balaban J connectivity index is 1.59. The third kappa shape index (κ3) is 4.87. The lowest BCUT2D eigenvalue weighted by molar-refractivity contribution is -0.153. The molecular formula is C31H30N4O5. The second kappa shape index (κ2) is 11.2. The first-order valence-electron chi connectivity index (χ1n) is 12.9. The Bertz CT molecular complexity index is 1640. The zero-order valence-electron chi connectivity index (χ0n) is 22.6. The second-order valence-corrected chi connectivity index (χ2v) is 9.60. The minimum atomic E-state index is -1.01. The number of aromatic nitrogens is 4. The number of carbonyl (C=O) groups excluding carboxylic acids is 1. The van der Waals surface area contributed by atoms with Crippen molar-refractivity contribution in [2.45, 2.75) is 25.2 Å². The number of imidazole rings is 1. The summed E-state index contributed by atoms with van der Waals surface area (Å²) in [5.74, 6) is -0.483. The van der Waals surface area contributed by atoms with Gasteiger partial charge in [0.25, 0.3) is 5.56 Å². The van der Waals surface area contributed by atoms with Crippen LogP contribution >= 0.6 is 0 Å². The van der Waals surface area contributed by atoms with Gasteiger partial charge < -0.3 is 14.0 Å². The highest BCUT2D eigenvalue weighted by atomic mass is 16.6. The Morgan fingerprint density at radius 1 is 0.825 bits per heavy atom. The van der Waals surface area contributed by atoms with Crippen molar-refractivity contribution in [1.29, 1.82) is 0 Å². The van der Waals surface area contributed by atoms with Gasteiger partial charge in [0.2, 0.25) is 0 Å². The Kier molecular flexibility index (Phi) is 7.48. The average molecular weight is 539 g/mol. The molecule has 0 aliphatic rings. The quantitative estimate of drug-likeness (QED) is 0.211. The topological polar surface area (TPSA) is 97.3 Å². The molecule has 9 heteroatoms. The van der Waals surface area contributed by atoms with E-state index in [1.165, 1.54) is 24.9 Å². The highest BCUT2D eigenvalue weighted by molar-refractivity contribution is 5.70. The molecule has 0 saturated carbocycles. The van der Waals surface area contributed by atoms with Crippen LogP contribution in [-0.4, -0.2) is 37.4 Å². The third-order valence-electron chi connectivity index (χ3n) is 6.98. The minimum Gasteiger partial charge on any atom is -0.458 e. The van der Waals surface area contributed by atoms with E-state index in [0.29, 0.717) is 0 Å². The van der Waals surface area contributed by atoms with E-state index < -0.39 is 28.9 Å². The van der Waals surface area contributed by atoms with Crippen LogP contribution < -0.4 is 11.2 Å². The van der Waals surface area contributed by atoms with Crippen molar-refractivity contribution in [2.24, 2.45) is 14.1 Å². The van der Waals surface area contributed by atoms with Gasteiger partial charge in [-0.15, -0.1) is 0 Å². The monoisotopic (exact) mass is 538 g/mol. The molecule has 0 saturated heterocycles. The molecule has 0 N–H and O–H groups in total. The molecule has 40 heavy (non-hydrogen) atoms. The molecule has 3 aromatic carbocycles. The highest BCUT2D eigenvalue weighted by Gasteiger charge is 2.38. The number of esters is 1. The highest BCUT2D eigenvalue weighted by Crippen LogP contribution is 2.40. The molecular weight excluding hydrogens is 508 g/mol. The summed E-state index contributed by atoms with van der Waals surface area (Å²) in [4.78, 5) is 41.9. The molecule has 2 aromatic heterocycles. The van der Waals surface area contributed by atoms with Crippen LogP contribution in [0.25, 0.3) is 11.2 Å². The Hall–Kier alpha value is -4.76. The molecule has 5 rings (SSSR count). The number of fused-ring (bicyclic) bond motifs is 1. The molecule has 0 fully saturated rings. The van der Waals surface area contributed by atoms with E-state index in [9.17, 15) is 14.4 Å². The van der Waals surface area contributed by atoms with Crippen LogP contribution in [0.4, 0.5) is 0 Å². The molecule has 5 aromatic rings. The minimum absolute atomic E-state index is 0.00398. The van der Waals surface area contributed by atoms with Crippen LogP contribution in [0.5, 0.6) is 0 Å². The fraction of sp³-hybridized carbons (Fsp3) is 0.226. The summed E-state index contributed by atoms with van der Waals surface area (Å²) >= 11 is 0. The lowest BCUT2D eigenvalue weighted by Crippen LogP contribution is -2.39. The van der Waals surface area contributed by atoms with Gasteiger partial charge in [0.05, 0.1) is 19.5 Å². The molecule has 1 unspecified atom stereocenters. The van der Waals surface area contributed by atoms with Gasteiger partial charge in [0.1, 0.15) is 11.7 Å². The maximum atomic E-state index is 13.0. The average Bonchev–Trinajstić information content (AvgIpc) is 3.40. The van der Waals surface area contributed by atoms with Gasteiger partial charge in [-0.05, 0) is 16.7 Å². The van der Waals surface area contributed by atoms with Gasteiger partial charge in [0, 0.05) is 21.0 Å². The van der Waals surface area contributed by atoms with Crippen LogP contribution in [0, 0.1) is 0 Å². The summed E-state index contributed by atoms with van der Waals surface area (Å²) in [6.07, 6.45) is 0.702. The van der Waals surface area contributed by atoms with E-state index in [2.05, 4.69) is 4.98 Å². The molecule has 9 nitrogen and oxygen atoms in total. The van der Waals surface area contributed by atoms with Crippen molar-refractivity contribution in [2.75, 3.05) is 6.61 Å². The maximum absolute atomic E-state index is 13.0. The van der Waals surface area contributed by atoms with Gasteiger partial charge in [0.15, 0.2) is 11.2 Å². The SMILES string of the molecule is CC(=O)OC(COC(c1ccccc1)(c1ccccc1)c1ccccc1)Cn1cnc2c1c(=O)n(C)c(=O)n2C. The zero-order valence-corrected chi connectivity index (χ0v) is 22.6. The van der Waals surface area contributed by atoms with E-state index in [1.54, 1.807) is 11.6 Å². The predicted octanol–water partition coefficient (Wildman–Crippen LogP) is 3.37. The van der Waals surface area contributed by atoms with Crippen molar-refractivity contribution in [3.63, 3.8) is 0 Å². The molecule has 0 aliphatic heterocycles. The van der Waals surface area contributed by atoms with Gasteiger partial charge >= 0.3 is 11.7 Å². The second-order valence-electron chi connectivity index (χ2n) is 9.60. The number of aryl methyl sites for hydroxylation is 1. The molecule has 0 aliphatic carbocycles. The van der Waals surface area contributed by atoms with Crippen LogP contribution in [0.1, 0.15) is 23.6 Å². The van der Waals surface area contributed by atoms with Gasteiger partial charge in [-0.2, -0.15) is 0 Å². The van der Waals surface area contributed by atoms with Crippen LogP contribution in [0.15, 0.2) is 107 Å². The van der Waals surface area contributed by atoms with Crippen LogP contribution in [0.2, 0.25) is 0 Å². The largest absolute Gasteiger partial charge is 0.458 e. The first kappa shape index (κ1) is 26.8. The van der Waals surface area contributed by atoms with E-state index in [0.717, 1.165) is 21.3 Å². The number of hydrogen-bond donors (Lipinski definition) is 0. The van der Waals surface area contributed by atoms with Crippen molar-refractivity contribution in [3.8, 4) is 0 Å². The van der Waals surface area contributed by atoms with Crippen LogP contribution in [0.3, 0.4) is 0 Å². The Labute approximate surface area is 230 Å². The summed E-state index contributed by atoms with van der Waals surface area (Å²) in [6, 6.07) is 29.6. The fourth-order valence-electron chi connectivity index (χ4n) is 5.10. The number of carbonyl (C=O) groups is 1.